The lowest BCUT2D eigenvalue weighted by molar-refractivity contribution is -0.179. The smallest absolute Gasteiger partial charge is 0.413 e. The fourth-order valence-corrected chi connectivity index (χ4v) is 3.17. The Morgan fingerprint density at radius 1 is 1.12 bits per heavy atom. The number of amides is 2. The molecule has 0 aliphatic carbocycles. The molecule has 1 fully saturated rings. The highest BCUT2D eigenvalue weighted by molar-refractivity contribution is 7.14. The normalized spacial score (nSPS) is 16.8. The molecule has 1 saturated heterocycles. The zero-order chi connectivity index (χ0) is 25.9. The number of carbonyl (C=O) groups is 4. The third-order valence-corrected chi connectivity index (χ3v) is 4.96. The Kier molecular flexibility index (Phi) is 8.07. The second-order valence-electron chi connectivity index (χ2n) is 10.3. The van der Waals surface area contributed by atoms with Crippen LogP contribution in [0.15, 0.2) is 10.5 Å². The minimum atomic E-state index is -1.50. The van der Waals surface area contributed by atoms with Gasteiger partial charge in [0, 0.05) is 18.3 Å². The number of thiazole rings is 1. The van der Waals surface area contributed by atoms with Gasteiger partial charge in [-0.1, -0.05) is 5.16 Å². The first-order valence-corrected chi connectivity index (χ1v) is 11.6. The Hall–Kier alpha value is -3.02. The topological polar surface area (TPSA) is 145 Å². The highest BCUT2D eigenvalue weighted by Gasteiger charge is 2.37. The van der Waals surface area contributed by atoms with Crippen LogP contribution in [0.2, 0.25) is 0 Å². The fourth-order valence-electron chi connectivity index (χ4n) is 2.48. The van der Waals surface area contributed by atoms with Crippen LogP contribution in [-0.4, -0.2) is 57.8 Å². The molecule has 0 saturated carbocycles. The van der Waals surface area contributed by atoms with E-state index in [4.69, 9.17) is 14.3 Å². The largest absolute Gasteiger partial charge is 0.457 e. The highest BCUT2D eigenvalue weighted by Crippen LogP contribution is 2.22. The van der Waals surface area contributed by atoms with Crippen LogP contribution in [-0.2, 0) is 28.7 Å². The van der Waals surface area contributed by atoms with E-state index in [1.807, 2.05) is 0 Å². The summed E-state index contributed by atoms with van der Waals surface area (Å²) in [6, 6.07) is 0. The number of nitrogens with zero attached hydrogens (tertiary/aromatic N) is 2. The molecule has 12 heteroatoms. The quantitative estimate of drug-likeness (QED) is 0.242. The molecule has 188 valence electrons. The first-order chi connectivity index (χ1) is 15.5. The molecule has 0 aromatic carbocycles. The number of ether oxygens (including phenoxy) is 2. The molecule has 11 nitrogen and oxygen atoms in total. The van der Waals surface area contributed by atoms with Gasteiger partial charge >= 0.3 is 12.1 Å². The van der Waals surface area contributed by atoms with E-state index in [0.29, 0.717) is 6.54 Å². The lowest BCUT2D eigenvalue weighted by Gasteiger charge is -2.27. The number of hydrogen-bond donors (Lipinski definition) is 2. The lowest BCUT2D eigenvalue weighted by atomic mass is 9.93. The Morgan fingerprint density at radius 3 is 2.24 bits per heavy atom. The third kappa shape index (κ3) is 8.08. The summed E-state index contributed by atoms with van der Waals surface area (Å²) >= 11 is 1.05. The molecule has 1 aromatic heterocycles. The van der Waals surface area contributed by atoms with E-state index >= 15 is 0 Å². The predicted octanol–water partition coefficient (Wildman–Crippen LogP) is 3.04. The second-order valence-corrected chi connectivity index (χ2v) is 11.1. The number of aromatic nitrogens is 1. The van der Waals surface area contributed by atoms with Gasteiger partial charge < -0.3 is 19.6 Å². The Morgan fingerprint density at radius 2 is 1.74 bits per heavy atom. The van der Waals surface area contributed by atoms with E-state index in [2.05, 4.69) is 20.8 Å². The Bertz CT molecular complexity index is 986. The van der Waals surface area contributed by atoms with Gasteiger partial charge in [0.2, 0.25) is 11.5 Å². The van der Waals surface area contributed by atoms with Crippen LogP contribution < -0.4 is 10.6 Å². The van der Waals surface area contributed by atoms with E-state index in [1.165, 1.54) is 19.2 Å². The maximum absolute atomic E-state index is 13.0. The zero-order valence-electron chi connectivity index (χ0n) is 20.7. The van der Waals surface area contributed by atoms with Gasteiger partial charge in [-0.15, -0.1) is 11.3 Å². The summed E-state index contributed by atoms with van der Waals surface area (Å²) in [5, 5.41) is 10.7. The first-order valence-electron chi connectivity index (χ1n) is 10.7. The molecule has 2 rings (SSSR count). The van der Waals surface area contributed by atoms with E-state index in [-0.39, 0.29) is 28.9 Å². The van der Waals surface area contributed by atoms with Crippen molar-refractivity contribution in [2.45, 2.75) is 78.6 Å². The van der Waals surface area contributed by atoms with Crippen LogP contribution in [0.3, 0.4) is 0 Å². The summed E-state index contributed by atoms with van der Waals surface area (Å²) in [6.45, 7) is 13.6. The van der Waals surface area contributed by atoms with Crippen molar-refractivity contribution in [3.05, 3.63) is 11.1 Å². The van der Waals surface area contributed by atoms with Gasteiger partial charge in [-0.3, -0.25) is 14.9 Å². The first kappa shape index (κ1) is 27.2. The van der Waals surface area contributed by atoms with Crippen LogP contribution in [0, 0.1) is 5.92 Å². The van der Waals surface area contributed by atoms with Crippen molar-refractivity contribution >= 4 is 45.9 Å². The minimum Gasteiger partial charge on any atom is -0.457 e. The maximum Gasteiger partial charge on any atom is 0.413 e. The summed E-state index contributed by atoms with van der Waals surface area (Å²) in [5.74, 6) is -1.86. The van der Waals surface area contributed by atoms with Gasteiger partial charge in [-0.25, -0.2) is 14.6 Å². The molecule has 1 atom stereocenters. The van der Waals surface area contributed by atoms with E-state index in [0.717, 1.165) is 11.3 Å². The van der Waals surface area contributed by atoms with Crippen molar-refractivity contribution in [3.8, 4) is 0 Å². The molecule has 2 N–H and O–H groups in total. The number of β-lactam (4-membered cyclic amide) rings is 1. The molecule has 0 bridgehead atoms. The fraction of sp³-hybridized carbons (Fsp3) is 0.636. The number of carbonyl (C=O) groups excluding carboxylic acids is 4. The molecular formula is C22H32N4O7S. The van der Waals surface area contributed by atoms with Crippen molar-refractivity contribution in [3.63, 3.8) is 0 Å². The molecule has 0 radical (unpaired) electrons. The van der Waals surface area contributed by atoms with Crippen LogP contribution in [0.4, 0.5) is 9.93 Å². The lowest BCUT2D eigenvalue weighted by Crippen LogP contribution is -2.49. The molecule has 0 spiro atoms. The molecular weight excluding hydrogens is 464 g/mol. The van der Waals surface area contributed by atoms with E-state index in [9.17, 15) is 19.2 Å². The standard InChI is InChI=1S/C22H32N4O7S/c1-20(2,3)31-17(29)22(7,8)33-26-15(14(27)9-12-10-23-16(12)28)13-11-34-18(24-13)25-19(30)32-21(4,5)6/h11-12H,9-10H2,1-8H3,(H,23,28)(H,24,25,30)/b26-15-/t12-/m0/s1. The Labute approximate surface area is 202 Å². The maximum atomic E-state index is 13.0. The highest BCUT2D eigenvalue weighted by atomic mass is 32.1. The van der Waals surface area contributed by atoms with Crippen LogP contribution in [0.1, 0.15) is 67.5 Å². The van der Waals surface area contributed by atoms with Crippen molar-refractivity contribution in [2.24, 2.45) is 11.1 Å². The van der Waals surface area contributed by atoms with Crippen LogP contribution in [0.25, 0.3) is 0 Å². The second kappa shape index (κ2) is 10.1. The average Bonchev–Trinajstić information content (AvgIpc) is 3.09. The summed E-state index contributed by atoms with van der Waals surface area (Å²) in [7, 11) is 0. The van der Waals surface area contributed by atoms with E-state index < -0.39 is 40.6 Å². The van der Waals surface area contributed by atoms with Crippen molar-refractivity contribution < 1.29 is 33.5 Å². The van der Waals surface area contributed by atoms with Gasteiger partial charge in [0.15, 0.2) is 16.6 Å². The third-order valence-electron chi connectivity index (χ3n) is 4.20. The number of oxime groups is 1. The molecule has 2 amide bonds. The molecule has 2 heterocycles. The van der Waals surface area contributed by atoms with Crippen molar-refractivity contribution in [1.29, 1.82) is 0 Å². The van der Waals surface area contributed by atoms with Crippen molar-refractivity contribution in [2.75, 3.05) is 11.9 Å². The van der Waals surface area contributed by atoms with Crippen LogP contribution >= 0.6 is 11.3 Å². The monoisotopic (exact) mass is 496 g/mol. The number of Topliss-reactive ketones (excluding diaryl/α,β-unsaturated/α-hetero) is 1. The number of hydrogen-bond acceptors (Lipinski definition) is 10. The SMILES string of the molecule is CC(C)(C)OC(=O)Nc1nc(/C(=N/OC(C)(C)C(=O)OC(C)(C)C)C(=O)C[C@H]2CNC2=O)cs1. The summed E-state index contributed by atoms with van der Waals surface area (Å²) in [4.78, 5) is 58.8. The number of ketones is 1. The predicted molar refractivity (Wildman–Crippen MR) is 126 cm³/mol. The number of esters is 1. The number of nitrogens with one attached hydrogen (secondary N) is 2. The van der Waals surface area contributed by atoms with Gasteiger partial charge in [0.1, 0.15) is 16.9 Å². The summed E-state index contributed by atoms with van der Waals surface area (Å²) in [6.07, 6.45) is -0.806. The Balaban J connectivity index is 2.25. The zero-order valence-corrected chi connectivity index (χ0v) is 21.5. The van der Waals surface area contributed by atoms with Crippen molar-refractivity contribution in [1.82, 2.24) is 10.3 Å². The average molecular weight is 497 g/mol. The molecule has 0 unspecified atom stereocenters. The molecule has 34 heavy (non-hydrogen) atoms. The van der Waals surface area contributed by atoms with Gasteiger partial charge in [-0.05, 0) is 55.4 Å². The van der Waals surface area contributed by atoms with E-state index in [1.54, 1.807) is 41.5 Å². The van der Waals surface area contributed by atoms with Gasteiger partial charge in [-0.2, -0.15) is 0 Å². The molecule has 1 aliphatic rings. The molecule has 1 aromatic rings. The number of rotatable bonds is 8. The minimum absolute atomic E-state index is 0.104. The molecule has 1 aliphatic heterocycles. The summed E-state index contributed by atoms with van der Waals surface area (Å²) < 4.78 is 10.6. The summed E-state index contributed by atoms with van der Waals surface area (Å²) in [5.41, 5.74) is -2.99. The van der Waals surface area contributed by atoms with Gasteiger partial charge in [0.05, 0.1) is 5.92 Å². The van der Waals surface area contributed by atoms with Gasteiger partial charge in [0.25, 0.3) is 0 Å². The number of anilines is 1. The van der Waals surface area contributed by atoms with Crippen LogP contribution in [0.5, 0.6) is 0 Å².